The van der Waals surface area contributed by atoms with Crippen molar-refractivity contribution in [1.82, 2.24) is 14.3 Å². The van der Waals surface area contributed by atoms with E-state index < -0.39 is 0 Å². The van der Waals surface area contributed by atoms with Crippen molar-refractivity contribution in [1.29, 1.82) is 0 Å². The van der Waals surface area contributed by atoms with Crippen LogP contribution in [0.3, 0.4) is 0 Å². The van der Waals surface area contributed by atoms with Crippen molar-refractivity contribution in [2.75, 3.05) is 11.1 Å². The fraction of sp³-hybridized carbons (Fsp3) is 0.409. The molecule has 1 aliphatic heterocycles. The van der Waals surface area contributed by atoms with Gasteiger partial charge in [0.15, 0.2) is 0 Å². The third kappa shape index (κ3) is 3.48. The van der Waals surface area contributed by atoms with E-state index in [1.807, 2.05) is 36.7 Å². The number of benzene rings is 1. The molecule has 1 aliphatic rings. The largest absolute Gasteiger partial charge is 0.310 e. The van der Waals surface area contributed by atoms with Crippen LogP contribution in [0.1, 0.15) is 41.5 Å². The first-order valence-electron chi connectivity index (χ1n) is 9.85. The summed E-state index contributed by atoms with van der Waals surface area (Å²) in [5.74, 6) is 1.25. The molecule has 1 aromatic carbocycles. The van der Waals surface area contributed by atoms with E-state index in [-0.39, 0.29) is 16.7 Å². The summed E-state index contributed by atoms with van der Waals surface area (Å²) < 4.78 is 3.58. The minimum atomic E-state index is -0.242. The quantitative estimate of drug-likeness (QED) is 0.713. The van der Waals surface area contributed by atoms with Crippen LogP contribution in [-0.2, 0) is 18.4 Å². The van der Waals surface area contributed by atoms with E-state index in [0.29, 0.717) is 29.6 Å². The summed E-state index contributed by atoms with van der Waals surface area (Å²) >= 11 is 1.49. The van der Waals surface area contributed by atoms with Crippen molar-refractivity contribution in [3.05, 3.63) is 57.0 Å². The zero-order chi connectivity index (χ0) is 20.9. The van der Waals surface area contributed by atoms with Crippen LogP contribution in [0.4, 0.5) is 5.82 Å². The lowest BCUT2D eigenvalue weighted by molar-refractivity contribution is -0.113. The average molecular weight is 411 g/mol. The van der Waals surface area contributed by atoms with Gasteiger partial charge in [0.25, 0.3) is 5.56 Å². The number of carbonyl (C=O) groups is 1. The second-order valence-corrected chi connectivity index (χ2v) is 9.28. The predicted octanol–water partition coefficient (Wildman–Crippen LogP) is 3.78. The number of carbonyl (C=O) groups excluding carboxylic acids is 1. The molecule has 0 fully saturated rings. The van der Waals surface area contributed by atoms with Crippen LogP contribution in [0.15, 0.2) is 29.1 Å². The molecule has 0 aliphatic carbocycles. The standard InChI is InChI=1S/C22H26N4O2S/c1-12(2)10-26-17-7-6-13(3)8-15(17)9-16(22(26)28)20-19-14(4)24-25(5)21(19)23-18(27)11-29-20/h6-9,12,20H,10-11H2,1-5H3,(H,23,27)/t20-/m1/s1. The van der Waals surface area contributed by atoms with Gasteiger partial charge in [0.2, 0.25) is 5.91 Å². The van der Waals surface area contributed by atoms with Gasteiger partial charge >= 0.3 is 0 Å². The first kappa shape index (κ1) is 19.8. The van der Waals surface area contributed by atoms with Crippen LogP contribution < -0.4 is 10.9 Å². The molecule has 4 rings (SSSR count). The monoisotopic (exact) mass is 410 g/mol. The van der Waals surface area contributed by atoms with Crippen LogP contribution in [0, 0.1) is 19.8 Å². The molecule has 0 bridgehead atoms. The number of rotatable bonds is 3. The third-order valence-electron chi connectivity index (χ3n) is 5.28. The zero-order valence-electron chi connectivity index (χ0n) is 17.4. The Morgan fingerprint density at radius 2 is 2.00 bits per heavy atom. The molecule has 29 heavy (non-hydrogen) atoms. The Labute approximate surface area is 174 Å². The number of amides is 1. The highest BCUT2D eigenvalue weighted by Gasteiger charge is 2.31. The summed E-state index contributed by atoms with van der Waals surface area (Å²) in [5, 5.41) is 8.26. The van der Waals surface area contributed by atoms with Crippen molar-refractivity contribution in [2.24, 2.45) is 13.0 Å². The number of thioether (sulfide) groups is 1. The summed E-state index contributed by atoms with van der Waals surface area (Å²) in [5.41, 5.74) is 4.58. The third-order valence-corrected chi connectivity index (χ3v) is 6.53. The maximum Gasteiger partial charge on any atom is 0.255 e. The number of anilines is 1. The zero-order valence-corrected chi connectivity index (χ0v) is 18.3. The molecule has 1 amide bonds. The second-order valence-electron chi connectivity index (χ2n) is 8.18. The van der Waals surface area contributed by atoms with Crippen LogP contribution in [0.25, 0.3) is 10.9 Å². The van der Waals surface area contributed by atoms with Gasteiger partial charge in [-0.2, -0.15) is 5.10 Å². The Bertz CT molecular complexity index is 1180. The van der Waals surface area contributed by atoms with Crippen molar-refractivity contribution < 1.29 is 4.79 Å². The molecule has 7 heteroatoms. The molecule has 3 heterocycles. The van der Waals surface area contributed by atoms with E-state index >= 15 is 0 Å². The number of hydrogen-bond acceptors (Lipinski definition) is 4. The molecule has 0 spiro atoms. The summed E-state index contributed by atoms with van der Waals surface area (Å²) in [6.45, 7) is 8.88. The van der Waals surface area contributed by atoms with Crippen LogP contribution >= 0.6 is 11.8 Å². The Morgan fingerprint density at radius 1 is 1.24 bits per heavy atom. The fourth-order valence-electron chi connectivity index (χ4n) is 4.06. The van der Waals surface area contributed by atoms with E-state index in [2.05, 4.69) is 37.3 Å². The topological polar surface area (TPSA) is 68.9 Å². The molecule has 1 N–H and O–H groups in total. The number of hydrogen-bond donors (Lipinski definition) is 1. The van der Waals surface area contributed by atoms with Gasteiger partial charge in [0.05, 0.1) is 22.2 Å². The minimum absolute atomic E-state index is 0.0103. The fourth-order valence-corrected chi connectivity index (χ4v) is 5.24. The number of fused-ring (bicyclic) bond motifs is 2. The molecule has 152 valence electrons. The number of aromatic nitrogens is 3. The van der Waals surface area contributed by atoms with Gasteiger partial charge in [0, 0.05) is 24.7 Å². The van der Waals surface area contributed by atoms with Crippen LogP contribution in [0.5, 0.6) is 0 Å². The number of nitrogens with one attached hydrogen (secondary N) is 1. The molecule has 0 saturated carbocycles. The Morgan fingerprint density at radius 3 is 2.72 bits per heavy atom. The van der Waals surface area contributed by atoms with Crippen molar-refractivity contribution in [2.45, 2.75) is 39.5 Å². The Hall–Kier alpha value is -2.54. The van der Waals surface area contributed by atoms with Gasteiger partial charge in [-0.15, -0.1) is 11.8 Å². The van der Waals surface area contributed by atoms with Crippen LogP contribution in [-0.4, -0.2) is 26.0 Å². The van der Waals surface area contributed by atoms with E-state index in [1.54, 1.807) is 4.68 Å². The van der Waals surface area contributed by atoms with Crippen molar-refractivity contribution in [3.63, 3.8) is 0 Å². The molecule has 2 aromatic heterocycles. The first-order chi connectivity index (χ1) is 13.8. The van der Waals surface area contributed by atoms with Crippen LogP contribution in [0.2, 0.25) is 0 Å². The molecule has 1 atom stereocenters. The molecule has 0 unspecified atom stereocenters. The summed E-state index contributed by atoms with van der Waals surface area (Å²) in [7, 11) is 1.82. The summed E-state index contributed by atoms with van der Waals surface area (Å²) in [4.78, 5) is 25.9. The normalized spacial score (nSPS) is 16.8. The molecule has 6 nitrogen and oxygen atoms in total. The number of aryl methyl sites for hydroxylation is 3. The molecule has 0 radical (unpaired) electrons. The van der Waals surface area contributed by atoms with E-state index in [1.165, 1.54) is 11.8 Å². The van der Waals surface area contributed by atoms with Crippen molar-refractivity contribution in [3.8, 4) is 0 Å². The predicted molar refractivity (Wildman–Crippen MR) is 119 cm³/mol. The maximum atomic E-state index is 13.6. The number of nitrogens with zero attached hydrogens (tertiary/aromatic N) is 3. The van der Waals surface area contributed by atoms with Crippen molar-refractivity contribution >= 4 is 34.4 Å². The molecule has 3 aromatic rings. The smallest absolute Gasteiger partial charge is 0.255 e. The van der Waals surface area contributed by atoms with E-state index in [4.69, 9.17) is 0 Å². The lowest BCUT2D eigenvalue weighted by Crippen LogP contribution is -2.27. The number of pyridine rings is 1. The second kappa shape index (κ2) is 7.37. The Balaban J connectivity index is 2.00. The summed E-state index contributed by atoms with van der Waals surface area (Å²) in [6, 6.07) is 8.21. The maximum absolute atomic E-state index is 13.6. The van der Waals surface area contributed by atoms with Gasteiger partial charge in [-0.1, -0.05) is 25.5 Å². The van der Waals surface area contributed by atoms with E-state index in [0.717, 1.165) is 27.7 Å². The molecule has 0 saturated heterocycles. The molecular weight excluding hydrogens is 384 g/mol. The van der Waals surface area contributed by atoms with E-state index in [9.17, 15) is 9.59 Å². The van der Waals surface area contributed by atoms with Gasteiger partial charge in [-0.05, 0) is 43.4 Å². The summed E-state index contributed by atoms with van der Waals surface area (Å²) in [6.07, 6.45) is 0. The van der Waals surface area contributed by atoms with Gasteiger partial charge < -0.3 is 9.88 Å². The minimum Gasteiger partial charge on any atom is -0.310 e. The SMILES string of the molecule is Cc1ccc2c(c1)cc([C@H]1SCC(=O)Nc3c1c(C)nn3C)c(=O)n2CC(C)C. The van der Waals surface area contributed by atoms with Gasteiger partial charge in [-0.3, -0.25) is 14.3 Å². The van der Waals surface area contributed by atoms with Gasteiger partial charge in [-0.25, -0.2) is 0 Å². The lowest BCUT2D eigenvalue weighted by Gasteiger charge is -2.20. The average Bonchev–Trinajstić information content (AvgIpc) is 2.81. The Kier molecular flexibility index (Phi) is 5.02. The molecular formula is C22H26N4O2S. The highest BCUT2D eigenvalue weighted by Crippen LogP contribution is 2.42. The lowest BCUT2D eigenvalue weighted by atomic mass is 10.0. The van der Waals surface area contributed by atoms with Gasteiger partial charge in [0.1, 0.15) is 5.82 Å². The highest BCUT2D eigenvalue weighted by molar-refractivity contribution is 8.00. The highest BCUT2D eigenvalue weighted by atomic mass is 32.2. The first-order valence-corrected chi connectivity index (χ1v) is 10.9.